The predicted molar refractivity (Wildman–Crippen MR) is 120 cm³/mol. The average molecular weight is 464 g/mol. The molecule has 0 saturated heterocycles. The fraction of sp³-hybridized carbons (Fsp3) is 0.238. The number of amides is 1. The van der Waals surface area contributed by atoms with Gasteiger partial charge in [-0.2, -0.15) is 13.8 Å². The van der Waals surface area contributed by atoms with Gasteiger partial charge in [0.05, 0.1) is 5.69 Å². The first-order chi connectivity index (χ1) is 14.4. The lowest BCUT2D eigenvalue weighted by Gasteiger charge is -2.29. The van der Waals surface area contributed by atoms with Gasteiger partial charge in [-0.15, -0.1) is 23.7 Å². The third-order valence-electron chi connectivity index (χ3n) is 4.86. The standard InChI is InChI=1S/C21H19F2N5OS.ClH/c1-12-8-9-28(21-24-13(2)11-30-21)10-15(12)16-17(22)26-19(18(23)25-16)27-20(29)14-6-4-3-5-7-14;/h3-7,11H,8-10H2,1-2H3,(H,26,27,29);1H. The minimum absolute atomic E-state index is 0. The quantitative estimate of drug-likeness (QED) is 0.597. The highest BCUT2D eigenvalue weighted by molar-refractivity contribution is 7.13. The average Bonchev–Trinajstić information content (AvgIpc) is 3.18. The van der Waals surface area contributed by atoms with Gasteiger partial charge in [0.15, 0.2) is 10.9 Å². The van der Waals surface area contributed by atoms with Crippen molar-refractivity contribution in [2.75, 3.05) is 23.3 Å². The summed E-state index contributed by atoms with van der Waals surface area (Å²) < 4.78 is 29.4. The molecule has 6 nitrogen and oxygen atoms in total. The van der Waals surface area contributed by atoms with Gasteiger partial charge in [0.25, 0.3) is 11.9 Å². The number of hydrogen-bond donors (Lipinski definition) is 1. The van der Waals surface area contributed by atoms with Crippen molar-refractivity contribution in [1.29, 1.82) is 0 Å². The molecule has 0 unspecified atom stereocenters. The molecule has 1 aliphatic rings. The summed E-state index contributed by atoms with van der Waals surface area (Å²) in [5.41, 5.74) is 2.59. The summed E-state index contributed by atoms with van der Waals surface area (Å²) in [6, 6.07) is 8.23. The molecule has 3 aromatic rings. The third-order valence-corrected chi connectivity index (χ3v) is 5.88. The number of carbonyl (C=O) groups excluding carboxylic acids is 1. The van der Waals surface area contributed by atoms with E-state index >= 15 is 0 Å². The second-order valence-corrected chi connectivity index (χ2v) is 7.86. The molecule has 3 heterocycles. The molecule has 0 spiro atoms. The normalized spacial score (nSPS) is 13.7. The molecular weight excluding hydrogens is 444 g/mol. The van der Waals surface area contributed by atoms with E-state index in [1.807, 2.05) is 24.1 Å². The first-order valence-electron chi connectivity index (χ1n) is 9.38. The fourth-order valence-electron chi connectivity index (χ4n) is 3.22. The lowest BCUT2D eigenvalue weighted by molar-refractivity contribution is 0.102. The Bertz CT molecular complexity index is 1140. The maximum atomic E-state index is 14.8. The molecule has 0 saturated carbocycles. The molecule has 0 atom stereocenters. The SMILES string of the molecule is CC1=C(c2nc(F)c(NC(=O)c3ccccc3)nc2F)CN(c2nc(C)cs2)CC1.Cl. The number of rotatable bonds is 4. The Balaban J connectivity index is 0.00000272. The van der Waals surface area contributed by atoms with Crippen molar-refractivity contribution < 1.29 is 13.6 Å². The van der Waals surface area contributed by atoms with Crippen molar-refractivity contribution >= 4 is 46.2 Å². The molecule has 1 aromatic carbocycles. The summed E-state index contributed by atoms with van der Waals surface area (Å²) in [5, 5.41) is 5.06. The molecule has 31 heavy (non-hydrogen) atoms. The van der Waals surface area contributed by atoms with Crippen LogP contribution in [0, 0.1) is 18.8 Å². The first-order valence-corrected chi connectivity index (χ1v) is 10.3. The van der Waals surface area contributed by atoms with Gasteiger partial charge in [0, 0.05) is 29.6 Å². The van der Waals surface area contributed by atoms with Crippen molar-refractivity contribution in [3.05, 3.63) is 70.1 Å². The fourth-order valence-corrected chi connectivity index (χ4v) is 4.05. The van der Waals surface area contributed by atoms with Crippen LogP contribution in [0.5, 0.6) is 0 Å². The minimum atomic E-state index is -1.03. The molecule has 1 amide bonds. The van der Waals surface area contributed by atoms with Crippen LogP contribution in [0.15, 0.2) is 41.3 Å². The van der Waals surface area contributed by atoms with Crippen LogP contribution >= 0.6 is 23.7 Å². The summed E-state index contributed by atoms with van der Waals surface area (Å²) in [6.07, 6.45) is 0.684. The molecule has 162 valence electrons. The van der Waals surface area contributed by atoms with Gasteiger partial charge in [-0.25, -0.2) is 9.97 Å². The maximum absolute atomic E-state index is 14.8. The molecule has 0 fully saturated rings. The summed E-state index contributed by atoms with van der Waals surface area (Å²) in [7, 11) is 0. The Morgan fingerprint density at radius 2 is 1.84 bits per heavy atom. The number of hydrogen-bond acceptors (Lipinski definition) is 6. The number of anilines is 2. The van der Waals surface area contributed by atoms with Gasteiger partial charge in [-0.3, -0.25) is 4.79 Å². The van der Waals surface area contributed by atoms with Crippen LogP contribution in [0.2, 0.25) is 0 Å². The van der Waals surface area contributed by atoms with Crippen LogP contribution in [0.4, 0.5) is 19.7 Å². The van der Waals surface area contributed by atoms with Crippen molar-refractivity contribution in [3.63, 3.8) is 0 Å². The smallest absolute Gasteiger partial charge is 0.256 e. The topological polar surface area (TPSA) is 71.0 Å². The number of aromatic nitrogens is 3. The Kier molecular flexibility index (Phi) is 6.97. The highest BCUT2D eigenvalue weighted by Gasteiger charge is 2.25. The van der Waals surface area contributed by atoms with E-state index in [-0.39, 0.29) is 18.1 Å². The molecular formula is C21H20ClF2N5OS. The van der Waals surface area contributed by atoms with Gasteiger partial charge in [-0.05, 0) is 32.4 Å². The number of nitrogens with one attached hydrogen (secondary N) is 1. The van der Waals surface area contributed by atoms with Crippen molar-refractivity contribution in [3.8, 4) is 0 Å². The van der Waals surface area contributed by atoms with E-state index in [0.29, 0.717) is 24.1 Å². The van der Waals surface area contributed by atoms with Crippen LogP contribution in [-0.4, -0.2) is 33.9 Å². The Morgan fingerprint density at radius 1 is 1.10 bits per heavy atom. The molecule has 1 N–H and O–H groups in total. The van der Waals surface area contributed by atoms with Crippen LogP contribution in [-0.2, 0) is 0 Å². The zero-order valence-electron chi connectivity index (χ0n) is 16.9. The van der Waals surface area contributed by atoms with Gasteiger partial charge < -0.3 is 10.2 Å². The number of thiazole rings is 1. The molecule has 0 aliphatic carbocycles. The highest BCUT2D eigenvalue weighted by atomic mass is 35.5. The lowest BCUT2D eigenvalue weighted by Crippen LogP contribution is -2.31. The van der Waals surface area contributed by atoms with Crippen LogP contribution in [0.25, 0.3) is 5.57 Å². The van der Waals surface area contributed by atoms with Gasteiger partial charge in [0.1, 0.15) is 5.69 Å². The lowest BCUT2D eigenvalue weighted by atomic mass is 9.99. The monoisotopic (exact) mass is 463 g/mol. The first kappa shape index (κ1) is 22.8. The van der Waals surface area contributed by atoms with Gasteiger partial charge >= 0.3 is 0 Å². The van der Waals surface area contributed by atoms with Crippen LogP contribution in [0.1, 0.15) is 35.1 Å². The van der Waals surface area contributed by atoms with E-state index in [4.69, 9.17) is 0 Å². The van der Waals surface area contributed by atoms with E-state index in [1.54, 1.807) is 30.3 Å². The van der Waals surface area contributed by atoms with Crippen molar-refractivity contribution in [1.82, 2.24) is 15.0 Å². The number of aryl methyl sites for hydroxylation is 1. The Hall–Kier alpha value is -2.91. The number of halogens is 3. The summed E-state index contributed by atoms with van der Waals surface area (Å²) >= 11 is 1.51. The summed E-state index contributed by atoms with van der Waals surface area (Å²) in [4.78, 5) is 26.2. The summed E-state index contributed by atoms with van der Waals surface area (Å²) in [5.74, 6) is -3.08. The molecule has 10 heteroatoms. The van der Waals surface area contributed by atoms with Crippen molar-refractivity contribution in [2.45, 2.75) is 20.3 Å². The van der Waals surface area contributed by atoms with Crippen LogP contribution < -0.4 is 10.2 Å². The maximum Gasteiger partial charge on any atom is 0.256 e. The minimum Gasteiger partial charge on any atom is -0.343 e. The van der Waals surface area contributed by atoms with E-state index in [0.717, 1.165) is 22.9 Å². The van der Waals surface area contributed by atoms with Gasteiger partial charge in [0.2, 0.25) is 5.95 Å². The predicted octanol–water partition coefficient (Wildman–Crippen LogP) is 4.88. The number of nitrogens with zero attached hydrogens (tertiary/aromatic N) is 4. The largest absolute Gasteiger partial charge is 0.343 e. The van der Waals surface area contributed by atoms with Gasteiger partial charge in [-0.1, -0.05) is 23.8 Å². The number of carbonyl (C=O) groups is 1. The molecule has 0 radical (unpaired) electrons. The van der Waals surface area contributed by atoms with E-state index in [9.17, 15) is 13.6 Å². The third kappa shape index (κ3) is 4.88. The molecule has 4 rings (SSSR count). The molecule has 2 aromatic heterocycles. The zero-order chi connectivity index (χ0) is 21.3. The highest BCUT2D eigenvalue weighted by Crippen LogP contribution is 2.31. The van der Waals surface area contributed by atoms with Crippen molar-refractivity contribution in [2.24, 2.45) is 0 Å². The Labute approximate surface area is 188 Å². The zero-order valence-corrected chi connectivity index (χ0v) is 18.5. The van der Waals surface area contributed by atoms with E-state index in [2.05, 4.69) is 20.3 Å². The second-order valence-electron chi connectivity index (χ2n) is 7.02. The van der Waals surface area contributed by atoms with E-state index < -0.39 is 23.6 Å². The Morgan fingerprint density at radius 3 is 2.52 bits per heavy atom. The molecule has 1 aliphatic heterocycles. The summed E-state index contributed by atoms with van der Waals surface area (Å²) in [6.45, 7) is 4.89. The van der Waals surface area contributed by atoms with Crippen LogP contribution in [0.3, 0.4) is 0 Å². The second kappa shape index (κ2) is 9.49. The number of benzene rings is 1. The van der Waals surface area contributed by atoms with E-state index in [1.165, 1.54) is 11.3 Å². The molecule has 0 bridgehead atoms.